The predicted molar refractivity (Wildman–Crippen MR) is 77.8 cm³/mol. The Kier molecular flexibility index (Phi) is 5.57. The summed E-state index contributed by atoms with van der Waals surface area (Å²) in [6, 6.07) is 0. The molecule has 1 N–H and O–H groups in total. The quantitative estimate of drug-likeness (QED) is 0.812. The second kappa shape index (κ2) is 7.19. The maximum Gasteiger partial charge on any atom is 0.313 e. The van der Waals surface area contributed by atoms with Crippen LogP contribution in [-0.4, -0.2) is 43.1 Å². The average Bonchev–Trinajstić information content (AvgIpc) is 2.80. The van der Waals surface area contributed by atoms with Crippen LogP contribution < -0.4 is 0 Å². The Morgan fingerprint density at radius 2 is 2.21 bits per heavy atom. The van der Waals surface area contributed by atoms with Crippen molar-refractivity contribution >= 4 is 29.5 Å². The number of hydrogen-bond donors (Lipinski definition) is 1. The molecule has 7 heteroatoms. The molecular formula is C12H19N3O2S2. The van der Waals surface area contributed by atoms with Gasteiger partial charge in [0.1, 0.15) is 5.82 Å². The third kappa shape index (κ3) is 4.14. The first kappa shape index (κ1) is 14.7. The third-order valence-electron chi connectivity index (χ3n) is 3.22. The number of aryl methyl sites for hydroxylation is 1. The van der Waals surface area contributed by atoms with Gasteiger partial charge in [0.05, 0.1) is 5.75 Å². The number of rotatable bonds is 6. The van der Waals surface area contributed by atoms with Crippen molar-refractivity contribution < 1.29 is 9.90 Å². The van der Waals surface area contributed by atoms with E-state index in [1.165, 1.54) is 36.1 Å². The summed E-state index contributed by atoms with van der Waals surface area (Å²) in [5.41, 5.74) is 0. The smallest absolute Gasteiger partial charge is 0.313 e. The van der Waals surface area contributed by atoms with Gasteiger partial charge in [0.2, 0.25) is 0 Å². The van der Waals surface area contributed by atoms with E-state index < -0.39 is 5.97 Å². The van der Waals surface area contributed by atoms with Crippen LogP contribution in [-0.2, 0) is 17.8 Å². The molecule has 0 amide bonds. The summed E-state index contributed by atoms with van der Waals surface area (Å²) in [4.78, 5) is 10.7. The van der Waals surface area contributed by atoms with E-state index in [9.17, 15) is 4.79 Å². The Bertz CT molecular complexity index is 431. The zero-order valence-electron chi connectivity index (χ0n) is 11.0. The molecule has 19 heavy (non-hydrogen) atoms. The molecule has 1 aliphatic rings. The molecule has 0 aliphatic carbocycles. The lowest BCUT2D eigenvalue weighted by Crippen LogP contribution is -2.18. The van der Waals surface area contributed by atoms with Crippen LogP contribution in [0.4, 0.5) is 0 Å². The Hall–Kier alpha value is -0.690. The minimum absolute atomic E-state index is 0.0440. The fourth-order valence-electron chi connectivity index (χ4n) is 2.18. The molecule has 0 spiro atoms. The third-order valence-corrected chi connectivity index (χ3v) is 5.22. The lowest BCUT2D eigenvalue weighted by molar-refractivity contribution is -0.133. The Labute approximate surface area is 121 Å². The van der Waals surface area contributed by atoms with Crippen LogP contribution in [0.15, 0.2) is 5.16 Å². The minimum Gasteiger partial charge on any atom is -0.481 e. The van der Waals surface area contributed by atoms with Crippen LogP contribution in [0.2, 0.25) is 0 Å². The number of carboxylic acid groups (broad SMARTS) is 1. The molecule has 2 rings (SSSR count). The molecular weight excluding hydrogens is 282 g/mol. The molecule has 1 saturated heterocycles. The van der Waals surface area contributed by atoms with E-state index in [0.29, 0.717) is 5.92 Å². The van der Waals surface area contributed by atoms with Gasteiger partial charge in [-0.3, -0.25) is 4.79 Å². The number of aromatic nitrogens is 3. The molecule has 106 valence electrons. The predicted octanol–water partition coefficient (Wildman–Crippen LogP) is 2.16. The van der Waals surface area contributed by atoms with E-state index in [-0.39, 0.29) is 5.75 Å². The summed E-state index contributed by atoms with van der Waals surface area (Å²) in [6.07, 6.45) is 3.30. The summed E-state index contributed by atoms with van der Waals surface area (Å²) in [5.74, 6) is 3.32. The van der Waals surface area contributed by atoms with Gasteiger partial charge in [0.25, 0.3) is 0 Å². The summed E-state index contributed by atoms with van der Waals surface area (Å²) < 4.78 is 2.12. The van der Waals surface area contributed by atoms with Crippen molar-refractivity contribution in [2.24, 2.45) is 5.92 Å². The maximum atomic E-state index is 10.7. The van der Waals surface area contributed by atoms with Gasteiger partial charge in [-0.05, 0) is 30.3 Å². The van der Waals surface area contributed by atoms with E-state index in [2.05, 4.69) is 21.7 Å². The fraction of sp³-hybridized carbons (Fsp3) is 0.750. The minimum atomic E-state index is -0.813. The molecule has 0 unspecified atom stereocenters. The van der Waals surface area contributed by atoms with Crippen LogP contribution in [0.1, 0.15) is 25.6 Å². The number of aliphatic carboxylic acids is 1. The van der Waals surface area contributed by atoms with Gasteiger partial charge in [0, 0.05) is 13.0 Å². The first-order valence-corrected chi connectivity index (χ1v) is 8.69. The second-order valence-electron chi connectivity index (χ2n) is 4.60. The molecule has 0 radical (unpaired) electrons. The van der Waals surface area contributed by atoms with Crippen molar-refractivity contribution in [2.75, 3.05) is 17.3 Å². The van der Waals surface area contributed by atoms with Crippen molar-refractivity contribution in [1.29, 1.82) is 0 Å². The summed E-state index contributed by atoms with van der Waals surface area (Å²) >= 11 is 3.28. The van der Waals surface area contributed by atoms with Gasteiger partial charge in [-0.25, -0.2) is 0 Å². The lowest BCUT2D eigenvalue weighted by atomic mass is 10.0. The van der Waals surface area contributed by atoms with Gasteiger partial charge in [-0.1, -0.05) is 18.7 Å². The molecule has 5 nitrogen and oxygen atoms in total. The van der Waals surface area contributed by atoms with Crippen molar-refractivity contribution in [3.63, 3.8) is 0 Å². The van der Waals surface area contributed by atoms with Crippen LogP contribution in [0, 0.1) is 5.92 Å². The molecule has 1 aromatic rings. The Balaban J connectivity index is 2.06. The second-order valence-corrected chi connectivity index (χ2v) is 6.77. The lowest BCUT2D eigenvalue weighted by Gasteiger charge is -2.22. The van der Waals surface area contributed by atoms with E-state index in [1.54, 1.807) is 0 Å². The number of nitrogens with zero attached hydrogens (tertiary/aromatic N) is 3. The van der Waals surface area contributed by atoms with E-state index >= 15 is 0 Å². The van der Waals surface area contributed by atoms with Gasteiger partial charge >= 0.3 is 5.97 Å². The SMILES string of the molecule is CCc1nnc(SCC(=O)O)n1CC1CCSCC1. The number of carbonyl (C=O) groups is 1. The zero-order valence-corrected chi connectivity index (χ0v) is 12.7. The molecule has 1 fully saturated rings. The van der Waals surface area contributed by atoms with Crippen LogP contribution >= 0.6 is 23.5 Å². The molecule has 1 aromatic heterocycles. The topological polar surface area (TPSA) is 68.0 Å². The number of thioether (sulfide) groups is 2. The largest absolute Gasteiger partial charge is 0.481 e. The molecule has 1 aliphatic heterocycles. The maximum absolute atomic E-state index is 10.7. The highest BCUT2D eigenvalue weighted by Crippen LogP contribution is 2.26. The normalized spacial score (nSPS) is 16.7. The first-order valence-electron chi connectivity index (χ1n) is 6.55. The highest BCUT2D eigenvalue weighted by atomic mass is 32.2. The van der Waals surface area contributed by atoms with Crippen molar-refractivity contribution in [3.05, 3.63) is 5.82 Å². The highest BCUT2D eigenvalue weighted by molar-refractivity contribution is 7.99. The van der Waals surface area contributed by atoms with E-state index in [0.717, 1.165) is 23.9 Å². The van der Waals surface area contributed by atoms with Crippen LogP contribution in [0.3, 0.4) is 0 Å². The molecule has 2 heterocycles. The van der Waals surface area contributed by atoms with E-state index in [4.69, 9.17) is 5.11 Å². The van der Waals surface area contributed by atoms with Gasteiger partial charge in [-0.2, -0.15) is 11.8 Å². The summed E-state index contributed by atoms with van der Waals surface area (Å²) in [7, 11) is 0. The molecule has 0 aromatic carbocycles. The van der Waals surface area contributed by atoms with Crippen molar-refractivity contribution in [3.8, 4) is 0 Å². The van der Waals surface area contributed by atoms with Crippen LogP contribution in [0.5, 0.6) is 0 Å². The Morgan fingerprint density at radius 1 is 1.47 bits per heavy atom. The highest BCUT2D eigenvalue weighted by Gasteiger charge is 2.19. The number of hydrogen-bond acceptors (Lipinski definition) is 5. The van der Waals surface area contributed by atoms with Gasteiger partial charge in [0.15, 0.2) is 5.16 Å². The summed E-state index contributed by atoms with van der Waals surface area (Å²) in [5, 5.41) is 17.8. The van der Waals surface area contributed by atoms with Crippen molar-refractivity contribution in [1.82, 2.24) is 14.8 Å². The monoisotopic (exact) mass is 301 g/mol. The van der Waals surface area contributed by atoms with E-state index in [1.807, 2.05) is 11.8 Å². The number of carboxylic acids is 1. The van der Waals surface area contributed by atoms with Crippen molar-refractivity contribution in [2.45, 2.75) is 37.9 Å². The van der Waals surface area contributed by atoms with Gasteiger partial charge < -0.3 is 9.67 Å². The first-order chi connectivity index (χ1) is 9.20. The standard InChI is InChI=1S/C12H19N3O2S2/c1-2-10-13-14-12(19-8-11(16)17)15(10)7-9-3-5-18-6-4-9/h9H,2-8H2,1H3,(H,16,17). The molecule has 0 atom stereocenters. The van der Waals surface area contributed by atoms with Crippen LogP contribution in [0.25, 0.3) is 0 Å². The zero-order chi connectivity index (χ0) is 13.7. The molecule has 0 bridgehead atoms. The fourth-order valence-corrected chi connectivity index (χ4v) is 4.08. The Morgan fingerprint density at radius 3 is 2.84 bits per heavy atom. The van der Waals surface area contributed by atoms with Gasteiger partial charge in [-0.15, -0.1) is 10.2 Å². The molecule has 0 saturated carbocycles. The average molecular weight is 301 g/mol. The summed E-state index contributed by atoms with van der Waals surface area (Å²) in [6.45, 7) is 2.99.